The molecule has 3 rings (SSSR count). The van der Waals surface area contributed by atoms with E-state index in [0.29, 0.717) is 5.52 Å². The monoisotopic (exact) mass is 377 g/mol. The first-order valence-electron chi connectivity index (χ1n) is 8.92. The Kier molecular flexibility index (Phi) is 4.37. The second-order valence-corrected chi connectivity index (χ2v) is 11.1. The first kappa shape index (κ1) is 19.5. The van der Waals surface area contributed by atoms with Crippen molar-refractivity contribution in [3.05, 3.63) is 30.5 Å². The van der Waals surface area contributed by atoms with Crippen LogP contribution in [-0.4, -0.2) is 36.5 Å². The van der Waals surface area contributed by atoms with Gasteiger partial charge in [0.05, 0.1) is 22.5 Å². The molecule has 0 saturated carbocycles. The lowest BCUT2D eigenvalue weighted by Gasteiger charge is -2.32. The Hall–Kier alpha value is -1.31. The van der Waals surface area contributed by atoms with Crippen molar-refractivity contribution in [3.8, 4) is 0 Å². The summed E-state index contributed by atoms with van der Waals surface area (Å²) < 4.78 is 39.7. The van der Waals surface area contributed by atoms with Gasteiger partial charge in [-0.3, -0.25) is 0 Å². The zero-order valence-electron chi connectivity index (χ0n) is 16.7. The SMILES string of the molecule is CC(C)(C)CS(=O)(=O)n1cc(B2OC(C)(C)C(C)(C)O2)c2ccccc21. The summed E-state index contributed by atoms with van der Waals surface area (Å²) in [7, 11) is -4.11. The summed E-state index contributed by atoms with van der Waals surface area (Å²) in [4.78, 5) is 0. The van der Waals surface area contributed by atoms with Gasteiger partial charge in [0.1, 0.15) is 0 Å². The van der Waals surface area contributed by atoms with Crippen LogP contribution in [0, 0.1) is 5.41 Å². The molecular weight excluding hydrogens is 349 g/mol. The van der Waals surface area contributed by atoms with Gasteiger partial charge in [0.25, 0.3) is 0 Å². The Balaban J connectivity index is 2.13. The standard InChI is InChI=1S/C19H28BNO4S/c1-17(2,3)13-26(22,23)21-12-15(14-10-8-9-11-16(14)21)20-24-18(4,5)19(6,7)25-20/h8-12H,13H2,1-7H3. The van der Waals surface area contributed by atoms with Gasteiger partial charge in [-0.2, -0.15) is 0 Å². The van der Waals surface area contributed by atoms with E-state index in [1.54, 1.807) is 6.20 Å². The van der Waals surface area contributed by atoms with Crippen LogP contribution < -0.4 is 5.46 Å². The number of benzene rings is 1. The van der Waals surface area contributed by atoms with E-state index in [-0.39, 0.29) is 11.2 Å². The van der Waals surface area contributed by atoms with Gasteiger partial charge in [-0.25, -0.2) is 12.4 Å². The third-order valence-electron chi connectivity index (χ3n) is 5.13. The van der Waals surface area contributed by atoms with Crippen LogP contribution in [0.15, 0.2) is 30.5 Å². The molecule has 0 atom stereocenters. The average Bonchev–Trinajstić information content (AvgIpc) is 2.92. The molecular formula is C19H28BNO4S. The van der Waals surface area contributed by atoms with Crippen LogP contribution >= 0.6 is 0 Å². The average molecular weight is 377 g/mol. The molecule has 0 N–H and O–H groups in total. The maximum absolute atomic E-state index is 13.0. The van der Waals surface area contributed by atoms with Gasteiger partial charge in [0.2, 0.25) is 10.0 Å². The fourth-order valence-corrected chi connectivity index (χ4v) is 5.15. The van der Waals surface area contributed by atoms with Crippen LogP contribution in [0.2, 0.25) is 0 Å². The molecule has 1 aliphatic heterocycles. The van der Waals surface area contributed by atoms with Crippen molar-refractivity contribution < 1.29 is 17.7 Å². The molecule has 0 radical (unpaired) electrons. The molecule has 0 amide bonds. The molecule has 0 bridgehead atoms. The number of para-hydroxylation sites is 1. The molecule has 1 fully saturated rings. The molecule has 1 aromatic carbocycles. The molecule has 1 aromatic heterocycles. The number of nitrogens with zero attached hydrogens (tertiary/aromatic N) is 1. The highest BCUT2D eigenvalue weighted by molar-refractivity contribution is 7.90. The van der Waals surface area contributed by atoms with Gasteiger partial charge in [0.15, 0.2) is 0 Å². The van der Waals surface area contributed by atoms with E-state index in [1.165, 1.54) is 3.97 Å². The fourth-order valence-electron chi connectivity index (χ4n) is 3.18. The molecule has 142 valence electrons. The van der Waals surface area contributed by atoms with Gasteiger partial charge in [-0.05, 0) is 39.2 Å². The molecule has 26 heavy (non-hydrogen) atoms. The largest absolute Gasteiger partial charge is 0.497 e. The fraction of sp³-hybridized carbons (Fsp3) is 0.579. The summed E-state index contributed by atoms with van der Waals surface area (Å²) in [5, 5.41) is 0.837. The van der Waals surface area contributed by atoms with E-state index in [4.69, 9.17) is 9.31 Å². The molecule has 0 spiro atoms. The van der Waals surface area contributed by atoms with Crippen molar-refractivity contribution in [1.82, 2.24) is 3.97 Å². The highest BCUT2D eigenvalue weighted by Crippen LogP contribution is 2.37. The summed E-state index contributed by atoms with van der Waals surface area (Å²) in [6.07, 6.45) is 1.66. The second kappa shape index (κ2) is 5.84. The molecule has 7 heteroatoms. The molecule has 0 aliphatic carbocycles. The van der Waals surface area contributed by atoms with Crippen LogP contribution in [0.4, 0.5) is 0 Å². The van der Waals surface area contributed by atoms with E-state index in [1.807, 2.05) is 72.7 Å². The van der Waals surface area contributed by atoms with Gasteiger partial charge >= 0.3 is 7.12 Å². The summed E-state index contributed by atoms with van der Waals surface area (Å²) in [5.41, 5.74) is 0.101. The van der Waals surface area contributed by atoms with Gasteiger partial charge < -0.3 is 9.31 Å². The minimum absolute atomic E-state index is 0.0570. The first-order chi connectivity index (χ1) is 11.7. The van der Waals surface area contributed by atoms with Crippen molar-refractivity contribution in [2.45, 2.75) is 59.7 Å². The van der Waals surface area contributed by atoms with Crippen molar-refractivity contribution in [3.63, 3.8) is 0 Å². The van der Waals surface area contributed by atoms with Gasteiger partial charge in [-0.1, -0.05) is 39.0 Å². The van der Waals surface area contributed by atoms with Gasteiger partial charge in [0, 0.05) is 17.0 Å². The third kappa shape index (κ3) is 3.32. The molecule has 2 aromatic rings. The topological polar surface area (TPSA) is 57.5 Å². The smallest absolute Gasteiger partial charge is 0.399 e. The Labute approximate surface area is 156 Å². The summed E-state index contributed by atoms with van der Waals surface area (Å²) in [6, 6.07) is 7.49. The lowest BCUT2D eigenvalue weighted by Crippen LogP contribution is -2.41. The summed E-state index contributed by atoms with van der Waals surface area (Å²) >= 11 is 0. The van der Waals surface area contributed by atoms with E-state index >= 15 is 0 Å². The minimum Gasteiger partial charge on any atom is -0.399 e. The van der Waals surface area contributed by atoms with Crippen molar-refractivity contribution in [2.75, 3.05) is 5.75 Å². The molecule has 2 heterocycles. The highest BCUT2D eigenvalue weighted by atomic mass is 32.2. The minimum atomic E-state index is -3.51. The molecule has 1 saturated heterocycles. The summed E-state index contributed by atoms with van der Waals surface area (Å²) in [6.45, 7) is 13.7. The number of aromatic nitrogens is 1. The van der Waals surface area contributed by atoms with E-state index < -0.39 is 28.3 Å². The predicted molar refractivity (Wildman–Crippen MR) is 106 cm³/mol. The number of hydrogen-bond acceptors (Lipinski definition) is 4. The first-order valence-corrected chi connectivity index (χ1v) is 10.5. The predicted octanol–water partition coefficient (Wildman–Crippen LogP) is 3.16. The van der Waals surface area contributed by atoms with Crippen LogP contribution in [0.1, 0.15) is 48.5 Å². The lowest BCUT2D eigenvalue weighted by molar-refractivity contribution is 0.00578. The van der Waals surface area contributed by atoms with Crippen molar-refractivity contribution in [1.29, 1.82) is 0 Å². The lowest BCUT2D eigenvalue weighted by atomic mass is 9.79. The van der Waals surface area contributed by atoms with Crippen LogP contribution in [0.25, 0.3) is 10.9 Å². The van der Waals surface area contributed by atoms with Crippen LogP contribution in [0.5, 0.6) is 0 Å². The number of rotatable bonds is 3. The van der Waals surface area contributed by atoms with Crippen LogP contribution in [0.3, 0.4) is 0 Å². The van der Waals surface area contributed by atoms with Gasteiger partial charge in [-0.15, -0.1) is 0 Å². The van der Waals surface area contributed by atoms with Crippen LogP contribution in [-0.2, 0) is 19.3 Å². The summed E-state index contributed by atoms with van der Waals surface area (Å²) in [5.74, 6) is 0.0570. The van der Waals surface area contributed by atoms with E-state index in [2.05, 4.69) is 0 Å². The maximum atomic E-state index is 13.0. The molecule has 0 unspecified atom stereocenters. The number of fused-ring (bicyclic) bond motifs is 1. The zero-order chi connectivity index (χ0) is 19.5. The Bertz CT molecular complexity index is 922. The zero-order valence-corrected chi connectivity index (χ0v) is 17.5. The third-order valence-corrected chi connectivity index (χ3v) is 7.26. The Morgan fingerprint density at radius 1 is 1.04 bits per heavy atom. The highest BCUT2D eigenvalue weighted by Gasteiger charge is 2.52. The molecule has 1 aliphatic rings. The van der Waals surface area contributed by atoms with Crippen molar-refractivity contribution in [2.24, 2.45) is 5.41 Å². The number of hydrogen-bond donors (Lipinski definition) is 0. The maximum Gasteiger partial charge on any atom is 0.497 e. The molecule has 5 nitrogen and oxygen atoms in total. The second-order valence-electron chi connectivity index (χ2n) is 9.30. The normalized spacial score (nSPS) is 20.0. The Morgan fingerprint density at radius 3 is 2.12 bits per heavy atom. The Morgan fingerprint density at radius 2 is 1.58 bits per heavy atom. The quantitative estimate of drug-likeness (QED) is 0.771. The van der Waals surface area contributed by atoms with E-state index in [0.717, 1.165) is 10.8 Å². The van der Waals surface area contributed by atoms with E-state index in [9.17, 15) is 8.42 Å². The van der Waals surface area contributed by atoms with Crippen molar-refractivity contribution >= 4 is 33.5 Å².